The molecule has 0 saturated carbocycles. The molecule has 1 aromatic carbocycles. The molecule has 0 aliphatic carbocycles. The van der Waals surface area contributed by atoms with E-state index in [-0.39, 0.29) is 6.79 Å². The van der Waals surface area contributed by atoms with Gasteiger partial charge in [0, 0.05) is 0 Å². The first-order valence-corrected chi connectivity index (χ1v) is 5.23. The minimum absolute atomic E-state index is 0.234. The Kier molecular flexibility index (Phi) is 2.41. The smallest absolute Gasteiger partial charge is 0.231 e. The largest absolute Gasteiger partial charge is 0.454 e. The quantitative estimate of drug-likeness (QED) is 0.846. The first kappa shape index (κ1) is 10.1. The Hall–Kier alpha value is -2.08. The van der Waals surface area contributed by atoms with Crippen LogP contribution in [0.3, 0.4) is 0 Å². The van der Waals surface area contributed by atoms with E-state index in [4.69, 9.17) is 9.47 Å². The molecule has 6 heteroatoms. The van der Waals surface area contributed by atoms with Gasteiger partial charge in [0.25, 0.3) is 0 Å². The number of aliphatic hydroxyl groups is 1. The van der Waals surface area contributed by atoms with E-state index in [0.29, 0.717) is 18.0 Å². The molecule has 0 spiro atoms. The predicted molar refractivity (Wildman–Crippen MR) is 57.5 cm³/mol. The van der Waals surface area contributed by atoms with E-state index >= 15 is 0 Å². The first-order chi connectivity index (χ1) is 8.33. The molecule has 2 heterocycles. The van der Waals surface area contributed by atoms with Crippen LogP contribution in [-0.4, -0.2) is 26.7 Å². The van der Waals surface area contributed by atoms with Gasteiger partial charge in [-0.2, -0.15) is 5.10 Å². The average molecular weight is 233 g/mol. The molecule has 1 aliphatic rings. The van der Waals surface area contributed by atoms with Gasteiger partial charge in [-0.25, -0.2) is 4.98 Å². The molecule has 0 amide bonds. The maximum atomic E-state index is 10.0. The van der Waals surface area contributed by atoms with Gasteiger partial charge >= 0.3 is 0 Å². The number of fused-ring (bicyclic) bond motifs is 1. The molecule has 88 valence electrons. The molecule has 0 saturated heterocycles. The maximum absolute atomic E-state index is 10.0. The summed E-state index contributed by atoms with van der Waals surface area (Å²) in [6.07, 6.45) is 2.36. The molecule has 1 N–H and O–H groups in total. The van der Waals surface area contributed by atoms with Gasteiger partial charge in [-0.3, -0.25) is 4.68 Å². The topological polar surface area (TPSA) is 69.4 Å². The fourth-order valence-electron chi connectivity index (χ4n) is 1.73. The summed E-state index contributed by atoms with van der Waals surface area (Å²) in [5.41, 5.74) is 0.768. The lowest BCUT2D eigenvalue weighted by molar-refractivity contribution is 0.150. The Balaban J connectivity index is 1.79. The van der Waals surface area contributed by atoms with E-state index < -0.39 is 6.10 Å². The highest BCUT2D eigenvalue weighted by atomic mass is 16.7. The van der Waals surface area contributed by atoms with Crippen LogP contribution >= 0.6 is 0 Å². The van der Waals surface area contributed by atoms with Crippen LogP contribution < -0.4 is 9.47 Å². The maximum Gasteiger partial charge on any atom is 0.231 e. The number of aliphatic hydroxyl groups excluding tert-OH is 1. The zero-order valence-electron chi connectivity index (χ0n) is 8.98. The van der Waals surface area contributed by atoms with Gasteiger partial charge in [0.05, 0.1) is 12.6 Å². The third kappa shape index (κ3) is 1.94. The molecule has 6 nitrogen and oxygen atoms in total. The molecule has 0 radical (unpaired) electrons. The normalized spacial score (nSPS) is 14.9. The Labute approximate surface area is 97.4 Å². The molecule has 0 bridgehead atoms. The van der Waals surface area contributed by atoms with Gasteiger partial charge in [0.2, 0.25) is 6.79 Å². The zero-order chi connectivity index (χ0) is 11.7. The van der Waals surface area contributed by atoms with Crippen LogP contribution in [0, 0.1) is 0 Å². The highest BCUT2D eigenvalue weighted by Crippen LogP contribution is 2.34. The number of benzene rings is 1. The summed E-state index contributed by atoms with van der Waals surface area (Å²) in [6.45, 7) is 0.595. The number of ether oxygens (including phenoxy) is 2. The number of aromatic nitrogens is 3. The fraction of sp³-hybridized carbons (Fsp3) is 0.273. The van der Waals surface area contributed by atoms with Crippen molar-refractivity contribution in [2.75, 3.05) is 6.79 Å². The molecule has 3 rings (SSSR count). The molecule has 0 fully saturated rings. The van der Waals surface area contributed by atoms with Crippen LogP contribution in [0.4, 0.5) is 0 Å². The van der Waals surface area contributed by atoms with Gasteiger partial charge in [-0.15, -0.1) is 0 Å². The molecule has 1 atom stereocenters. The van der Waals surface area contributed by atoms with Crippen LogP contribution in [0.15, 0.2) is 30.9 Å². The van der Waals surface area contributed by atoms with Crippen molar-refractivity contribution in [1.82, 2.24) is 14.8 Å². The standard InChI is InChI=1S/C11H11N3O3/c15-9(4-14-6-12-5-13-14)8-1-2-10-11(3-8)17-7-16-10/h1-3,5-6,9,15H,4,7H2. The summed E-state index contributed by atoms with van der Waals surface area (Å²) in [5.74, 6) is 1.38. The van der Waals surface area contributed by atoms with E-state index in [1.165, 1.54) is 6.33 Å². The van der Waals surface area contributed by atoms with Crippen LogP contribution in [0.5, 0.6) is 11.5 Å². The Morgan fingerprint density at radius 2 is 2.24 bits per heavy atom. The second-order valence-electron chi connectivity index (χ2n) is 3.75. The summed E-state index contributed by atoms with van der Waals surface area (Å²) in [4.78, 5) is 3.82. The number of hydrogen-bond acceptors (Lipinski definition) is 5. The van der Waals surface area contributed by atoms with Crippen molar-refractivity contribution in [2.45, 2.75) is 12.6 Å². The molecular formula is C11H11N3O3. The summed E-state index contributed by atoms with van der Waals surface area (Å²) >= 11 is 0. The fourth-order valence-corrected chi connectivity index (χ4v) is 1.73. The molecule has 17 heavy (non-hydrogen) atoms. The Morgan fingerprint density at radius 3 is 3.06 bits per heavy atom. The molecule has 2 aromatic rings. The van der Waals surface area contributed by atoms with E-state index in [1.54, 1.807) is 23.1 Å². The van der Waals surface area contributed by atoms with Crippen molar-refractivity contribution in [3.63, 3.8) is 0 Å². The lowest BCUT2D eigenvalue weighted by atomic mass is 10.1. The van der Waals surface area contributed by atoms with Crippen LogP contribution in [0.2, 0.25) is 0 Å². The Bertz CT molecular complexity index is 513. The highest BCUT2D eigenvalue weighted by molar-refractivity contribution is 5.44. The zero-order valence-corrected chi connectivity index (χ0v) is 8.98. The monoisotopic (exact) mass is 233 g/mol. The van der Waals surface area contributed by atoms with E-state index in [9.17, 15) is 5.11 Å². The lowest BCUT2D eigenvalue weighted by Gasteiger charge is -2.11. The van der Waals surface area contributed by atoms with Crippen molar-refractivity contribution in [3.8, 4) is 11.5 Å². The summed E-state index contributed by atoms with van der Waals surface area (Å²) in [5, 5.41) is 14.0. The van der Waals surface area contributed by atoms with Crippen molar-refractivity contribution >= 4 is 0 Å². The van der Waals surface area contributed by atoms with Crippen molar-refractivity contribution in [2.24, 2.45) is 0 Å². The van der Waals surface area contributed by atoms with Crippen LogP contribution in [0.25, 0.3) is 0 Å². The molecule has 1 aromatic heterocycles. The summed E-state index contributed by atoms with van der Waals surface area (Å²) in [6, 6.07) is 5.39. The van der Waals surface area contributed by atoms with Gasteiger partial charge < -0.3 is 14.6 Å². The number of rotatable bonds is 3. The first-order valence-electron chi connectivity index (χ1n) is 5.23. The average Bonchev–Trinajstić information content (AvgIpc) is 2.97. The number of nitrogens with zero attached hydrogens (tertiary/aromatic N) is 3. The van der Waals surface area contributed by atoms with E-state index in [0.717, 1.165) is 5.56 Å². The Morgan fingerprint density at radius 1 is 1.35 bits per heavy atom. The third-order valence-electron chi connectivity index (χ3n) is 2.61. The molecule has 1 unspecified atom stereocenters. The molecule has 1 aliphatic heterocycles. The third-order valence-corrected chi connectivity index (χ3v) is 2.61. The van der Waals surface area contributed by atoms with Crippen LogP contribution in [-0.2, 0) is 6.54 Å². The number of hydrogen-bond donors (Lipinski definition) is 1. The summed E-state index contributed by atoms with van der Waals surface area (Å²) < 4.78 is 12.0. The van der Waals surface area contributed by atoms with Crippen LogP contribution in [0.1, 0.15) is 11.7 Å². The minimum Gasteiger partial charge on any atom is -0.454 e. The second kappa shape index (κ2) is 4.06. The van der Waals surface area contributed by atoms with Crippen molar-refractivity contribution < 1.29 is 14.6 Å². The minimum atomic E-state index is -0.647. The molecular weight excluding hydrogens is 222 g/mol. The van der Waals surface area contributed by atoms with Gasteiger partial charge in [0.15, 0.2) is 11.5 Å². The SMILES string of the molecule is OC(Cn1cncn1)c1ccc2c(c1)OCO2. The van der Waals surface area contributed by atoms with Crippen molar-refractivity contribution in [1.29, 1.82) is 0 Å². The van der Waals surface area contributed by atoms with E-state index in [2.05, 4.69) is 10.1 Å². The highest BCUT2D eigenvalue weighted by Gasteiger charge is 2.16. The van der Waals surface area contributed by atoms with E-state index in [1.807, 2.05) is 6.07 Å². The van der Waals surface area contributed by atoms with Crippen molar-refractivity contribution in [3.05, 3.63) is 36.4 Å². The summed E-state index contributed by atoms with van der Waals surface area (Å²) in [7, 11) is 0. The van der Waals surface area contributed by atoms with Gasteiger partial charge in [0.1, 0.15) is 12.7 Å². The predicted octanol–water partition coefficient (Wildman–Crippen LogP) is 0.740. The second-order valence-corrected chi connectivity index (χ2v) is 3.75. The van der Waals surface area contributed by atoms with Gasteiger partial charge in [-0.1, -0.05) is 6.07 Å². The lowest BCUT2D eigenvalue weighted by Crippen LogP contribution is -2.09. The van der Waals surface area contributed by atoms with Gasteiger partial charge in [-0.05, 0) is 17.7 Å².